The Kier molecular flexibility index (Phi) is 5.69. The van der Waals surface area contributed by atoms with Crippen LogP contribution in [0.4, 0.5) is 14.9 Å². The van der Waals surface area contributed by atoms with E-state index in [4.69, 9.17) is 34.2 Å². The minimum Gasteiger partial charge on any atom is -0.351 e. The van der Waals surface area contributed by atoms with Crippen molar-refractivity contribution in [1.29, 1.82) is 5.26 Å². The van der Waals surface area contributed by atoms with Crippen molar-refractivity contribution in [2.24, 2.45) is 5.73 Å². The predicted molar refractivity (Wildman–Crippen MR) is 115 cm³/mol. The van der Waals surface area contributed by atoms with Crippen molar-refractivity contribution >= 4 is 40.8 Å². The molecule has 9 nitrogen and oxygen atoms in total. The van der Waals surface area contributed by atoms with Gasteiger partial charge in [-0.15, -0.1) is 0 Å². The molecule has 0 radical (unpaired) electrons. The van der Waals surface area contributed by atoms with E-state index < -0.39 is 17.9 Å². The average Bonchev–Trinajstić information content (AvgIpc) is 3.14. The number of carbonyl (C=O) groups excluding carboxylic acids is 2. The van der Waals surface area contributed by atoms with Gasteiger partial charge in [0.15, 0.2) is 0 Å². The fraction of sp³-hybridized carbons (Fsp3) is 0.150. The number of anilines is 1. The number of hydrogen-bond donors (Lipinski definition) is 2. The summed E-state index contributed by atoms with van der Waals surface area (Å²) >= 11 is 11.9. The van der Waals surface area contributed by atoms with E-state index in [1.165, 1.54) is 35.4 Å². The molecule has 0 saturated heterocycles. The molecule has 1 aliphatic rings. The maximum absolute atomic E-state index is 13.6. The molecule has 3 amide bonds. The molecule has 2 aromatic heterocycles. The number of aromatic nitrogens is 3. The van der Waals surface area contributed by atoms with E-state index in [2.05, 4.69) is 15.4 Å². The lowest BCUT2D eigenvalue weighted by Crippen LogP contribution is -2.42. The number of nitrogens with zero attached hydrogens (tertiary/aromatic N) is 5. The zero-order chi connectivity index (χ0) is 23.0. The number of nitrogens with one attached hydrogen (secondary N) is 1. The Hall–Kier alpha value is -3.68. The second-order valence-corrected chi connectivity index (χ2v) is 7.72. The highest BCUT2D eigenvalue weighted by atomic mass is 35.5. The van der Waals surface area contributed by atoms with Crippen molar-refractivity contribution in [3.8, 4) is 17.3 Å². The van der Waals surface area contributed by atoms with Crippen LogP contribution >= 0.6 is 23.2 Å². The lowest BCUT2D eigenvalue weighted by molar-refractivity contribution is 0.102. The molecular weight excluding hydrogens is 460 g/mol. The van der Waals surface area contributed by atoms with Crippen LogP contribution in [0.25, 0.3) is 11.3 Å². The van der Waals surface area contributed by atoms with Gasteiger partial charge in [-0.3, -0.25) is 9.48 Å². The summed E-state index contributed by atoms with van der Waals surface area (Å²) in [5.74, 6) is -1.40. The molecule has 12 heteroatoms. The maximum atomic E-state index is 13.6. The molecule has 3 N–H and O–H groups in total. The molecule has 3 aromatic rings. The molecule has 32 heavy (non-hydrogen) atoms. The first kappa shape index (κ1) is 21.5. The van der Waals surface area contributed by atoms with Crippen LogP contribution in [0.2, 0.25) is 10.0 Å². The summed E-state index contributed by atoms with van der Waals surface area (Å²) in [7, 11) is 0. The van der Waals surface area contributed by atoms with Gasteiger partial charge in [-0.2, -0.15) is 14.8 Å². The summed E-state index contributed by atoms with van der Waals surface area (Å²) in [5, 5.41) is 16.2. The van der Waals surface area contributed by atoms with E-state index in [-0.39, 0.29) is 33.4 Å². The number of carbonyl (C=O) groups is 2. The molecule has 0 aliphatic carbocycles. The van der Waals surface area contributed by atoms with Crippen LogP contribution in [0.3, 0.4) is 0 Å². The lowest BCUT2D eigenvalue weighted by atomic mass is 10.1. The number of nitrogens with two attached hydrogens (primary N) is 1. The topological polar surface area (TPSA) is 130 Å². The van der Waals surface area contributed by atoms with Crippen LogP contribution in [0, 0.1) is 17.3 Å². The molecule has 4 rings (SSSR count). The lowest BCUT2D eigenvalue weighted by Gasteiger charge is -2.26. The Balaban J connectivity index is 1.79. The molecule has 1 aromatic carbocycles. The minimum absolute atomic E-state index is 0.0571. The summed E-state index contributed by atoms with van der Waals surface area (Å²) in [5.41, 5.74) is 7.18. The molecule has 0 bridgehead atoms. The fourth-order valence-corrected chi connectivity index (χ4v) is 3.76. The van der Waals surface area contributed by atoms with Crippen LogP contribution in [0.1, 0.15) is 21.6 Å². The van der Waals surface area contributed by atoms with Gasteiger partial charge in [0.1, 0.15) is 11.8 Å². The van der Waals surface area contributed by atoms with E-state index in [1.54, 1.807) is 4.68 Å². The van der Waals surface area contributed by atoms with Gasteiger partial charge < -0.3 is 16.0 Å². The van der Waals surface area contributed by atoms with Crippen LogP contribution in [-0.2, 0) is 13.1 Å². The van der Waals surface area contributed by atoms with Gasteiger partial charge in [0.05, 0.1) is 40.0 Å². The molecule has 0 fully saturated rings. The Bertz CT molecular complexity index is 1300. The quantitative estimate of drug-likeness (QED) is 0.562. The first-order valence-corrected chi connectivity index (χ1v) is 10.0. The van der Waals surface area contributed by atoms with Gasteiger partial charge >= 0.3 is 6.03 Å². The molecule has 0 spiro atoms. The second-order valence-electron chi connectivity index (χ2n) is 6.91. The number of nitriles is 1. The molecular formula is C20H14Cl2FN7O2. The third kappa shape index (κ3) is 3.95. The van der Waals surface area contributed by atoms with Crippen molar-refractivity contribution in [3.05, 3.63) is 63.3 Å². The first-order valence-electron chi connectivity index (χ1n) is 9.25. The van der Waals surface area contributed by atoms with Gasteiger partial charge in [0.25, 0.3) is 5.91 Å². The molecule has 3 heterocycles. The highest BCUT2D eigenvalue weighted by Gasteiger charge is 2.30. The Labute approximate surface area is 191 Å². The summed E-state index contributed by atoms with van der Waals surface area (Å²) in [6.45, 7) is 0.684. The number of fused-ring (bicyclic) bond motifs is 1. The number of hydrogen-bond acceptors (Lipinski definition) is 5. The van der Waals surface area contributed by atoms with Crippen LogP contribution < -0.4 is 11.1 Å². The standard InChI is InChI=1S/C20H14Cl2FN7O2/c21-13-6-12(2-1-10(13)7-24)27-19(31)16-15-9-29(20(25)32)3-4-30(15)28-17(16)11-5-14(22)18(23)26-8-11/h1-2,5-6,8H,3-4,9H2,(H2,25,32)(H,27,31). The van der Waals surface area contributed by atoms with Crippen molar-refractivity contribution in [1.82, 2.24) is 19.7 Å². The van der Waals surface area contributed by atoms with Crippen LogP contribution in [0.15, 0.2) is 30.5 Å². The average molecular weight is 474 g/mol. The third-order valence-electron chi connectivity index (χ3n) is 4.94. The third-order valence-corrected chi connectivity index (χ3v) is 5.51. The minimum atomic E-state index is -0.850. The maximum Gasteiger partial charge on any atom is 0.315 e. The molecule has 0 atom stereocenters. The number of primary amides is 1. The van der Waals surface area contributed by atoms with Gasteiger partial charge in [0, 0.05) is 24.0 Å². The van der Waals surface area contributed by atoms with E-state index in [1.807, 2.05) is 6.07 Å². The predicted octanol–water partition coefficient (Wildman–Crippen LogP) is 3.41. The number of rotatable bonds is 3. The van der Waals surface area contributed by atoms with Gasteiger partial charge in [0.2, 0.25) is 5.95 Å². The number of benzene rings is 1. The number of halogens is 3. The Morgan fingerprint density at radius 1 is 1.22 bits per heavy atom. The monoisotopic (exact) mass is 473 g/mol. The van der Waals surface area contributed by atoms with Gasteiger partial charge in [-0.05, 0) is 24.3 Å². The van der Waals surface area contributed by atoms with Gasteiger partial charge in [-0.25, -0.2) is 9.78 Å². The molecule has 1 aliphatic heterocycles. The van der Waals surface area contributed by atoms with Crippen molar-refractivity contribution in [2.75, 3.05) is 11.9 Å². The number of pyridine rings is 1. The van der Waals surface area contributed by atoms with Crippen molar-refractivity contribution < 1.29 is 14.0 Å². The molecule has 0 saturated carbocycles. The zero-order valence-electron chi connectivity index (χ0n) is 16.3. The van der Waals surface area contributed by atoms with E-state index in [0.29, 0.717) is 30.0 Å². The highest BCUT2D eigenvalue weighted by molar-refractivity contribution is 6.32. The van der Waals surface area contributed by atoms with E-state index in [9.17, 15) is 14.0 Å². The summed E-state index contributed by atoms with van der Waals surface area (Å²) in [6, 6.07) is 7.09. The van der Waals surface area contributed by atoms with E-state index in [0.717, 1.165) is 0 Å². The Morgan fingerprint density at radius 3 is 2.66 bits per heavy atom. The Morgan fingerprint density at radius 2 is 2.00 bits per heavy atom. The first-order chi connectivity index (χ1) is 15.3. The second kappa shape index (κ2) is 8.45. The largest absolute Gasteiger partial charge is 0.351 e. The number of urea groups is 1. The fourth-order valence-electron chi connectivity index (χ4n) is 3.37. The molecule has 162 valence electrons. The normalized spacial score (nSPS) is 12.8. The van der Waals surface area contributed by atoms with Crippen molar-refractivity contribution in [3.63, 3.8) is 0 Å². The highest BCUT2D eigenvalue weighted by Crippen LogP contribution is 2.31. The summed E-state index contributed by atoms with van der Waals surface area (Å²) in [6.07, 6.45) is 1.22. The number of amides is 3. The smallest absolute Gasteiger partial charge is 0.315 e. The van der Waals surface area contributed by atoms with E-state index >= 15 is 0 Å². The summed E-state index contributed by atoms with van der Waals surface area (Å²) < 4.78 is 15.2. The van der Waals surface area contributed by atoms with Gasteiger partial charge in [-0.1, -0.05) is 23.2 Å². The zero-order valence-corrected chi connectivity index (χ0v) is 17.8. The summed E-state index contributed by atoms with van der Waals surface area (Å²) in [4.78, 5) is 30.0. The van der Waals surface area contributed by atoms with Crippen LogP contribution in [-0.4, -0.2) is 38.1 Å². The van der Waals surface area contributed by atoms with Crippen molar-refractivity contribution in [2.45, 2.75) is 13.1 Å². The SMILES string of the molecule is N#Cc1ccc(NC(=O)c2c(-c3cnc(F)c(Cl)c3)nn3c2CN(C(N)=O)CC3)cc1Cl. The molecule has 0 unspecified atom stereocenters. The van der Waals surface area contributed by atoms with Crippen LogP contribution in [0.5, 0.6) is 0 Å².